The van der Waals surface area contributed by atoms with Crippen LogP contribution in [0.1, 0.15) is 15.9 Å². The van der Waals surface area contributed by atoms with Crippen molar-refractivity contribution in [1.29, 1.82) is 5.26 Å². The molecule has 0 bridgehead atoms. The minimum absolute atomic E-state index is 0.0225. The normalized spacial score (nSPS) is 10.3. The van der Waals surface area contributed by atoms with Gasteiger partial charge in [-0.1, -0.05) is 5.92 Å². The first kappa shape index (κ1) is 21.1. The highest BCUT2D eigenvalue weighted by Crippen LogP contribution is 2.27. The summed E-state index contributed by atoms with van der Waals surface area (Å²) >= 11 is 0. The van der Waals surface area contributed by atoms with Crippen LogP contribution in [0.25, 0.3) is 6.08 Å². The first-order chi connectivity index (χ1) is 14.0. The van der Waals surface area contributed by atoms with E-state index in [4.69, 9.17) is 15.9 Å². The Kier molecular flexibility index (Phi) is 7.41. The summed E-state index contributed by atoms with van der Waals surface area (Å²) in [5, 5.41) is 12.0. The molecule has 0 aliphatic rings. The van der Waals surface area contributed by atoms with Gasteiger partial charge in [0.1, 0.15) is 29.7 Å². The number of nitriles is 1. The number of ether oxygens (including phenoxy) is 3. The maximum Gasteiger partial charge on any atom is 0.337 e. The Bertz CT molecular complexity index is 1010. The van der Waals surface area contributed by atoms with E-state index in [1.807, 2.05) is 6.07 Å². The Labute approximate surface area is 168 Å². The lowest BCUT2D eigenvalue weighted by molar-refractivity contribution is -0.112. The van der Waals surface area contributed by atoms with Crippen LogP contribution < -0.4 is 14.8 Å². The maximum absolute atomic E-state index is 12.5. The number of amides is 1. The molecule has 0 unspecified atom stereocenters. The summed E-state index contributed by atoms with van der Waals surface area (Å²) in [6, 6.07) is 12.9. The largest absolute Gasteiger partial charge is 0.497 e. The predicted octanol–water partition coefficient (Wildman–Crippen LogP) is 3.04. The molecular formula is C22H18N2O5. The molecule has 2 aromatic rings. The zero-order chi connectivity index (χ0) is 21.2. The van der Waals surface area contributed by atoms with Gasteiger partial charge < -0.3 is 19.5 Å². The third-order valence-electron chi connectivity index (χ3n) is 3.76. The molecule has 0 spiro atoms. The highest BCUT2D eigenvalue weighted by molar-refractivity contribution is 6.10. The second-order valence-electron chi connectivity index (χ2n) is 5.59. The maximum atomic E-state index is 12.5. The predicted molar refractivity (Wildman–Crippen MR) is 107 cm³/mol. The third-order valence-corrected chi connectivity index (χ3v) is 3.76. The van der Waals surface area contributed by atoms with Crippen molar-refractivity contribution in [3.8, 4) is 29.9 Å². The summed E-state index contributed by atoms with van der Waals surface area (Å²) in [5.41, 5.74) is 1.11. The molecule has 0 aromatic heterocycles. The van der Waals surface area contributed by atoms with E-state index < -0.39 is 11.9 Å². The molecule has 7 heteroatoms. The summed E-state index contributed by atoms with van der Waals surface area (Å²) in [7, 11) is 2.79. The number of nitrogens with zero attached hydrogens (tertiary/aromatic N) is 1. The fourth-order valence-corrected chi connectivity index (χ4v) is 2.32. The van der Waals surface area contributed by atoms with Crippen molar-refractivity contribution in [3.63, 3.8) is 0 Å². The van der Waals surface area contributed by atoms with Crippen molar-refractivity contribution in [1.82, 2.24) is 0 Å². The lowest BCUT2D eigenvalue weighted by atomic mass is 10.1. The Hall–Kier alpha value is -4.23. The molecule has 0 aliphatic heterocycles. The standard InChI is InChI=1S/C22H18N2O5/c1-4-11-29-20-13-19(27-2)10-7-16(20)12-17(14-23)21(25)24-18-8-5-15(6-9-18)22(26)28-3/h1,5-10,12-13H,11H2,2-3H3,(H,24,25)/b17-12+. The van der Waals surface area contributed by atoms with Crippen molar-refractivity contribution in [3.05, 3.63) is 59.2 Å². The number of hydrogen-bond acceptors (Lipinski definition) is 6. The van der Waals surface area contributed by atoms with E-state index in [0.29, 0.717) is 28.3 Å². The fraction of sp³-hybridized carbons (Fsp3) is 0.136. The van der Waals surface area contributed by atoms with Crippen molar-refractivity contribution in [2.75, 3.05) is 26.1 Å². The van der Waals surface area contributed by atoms with Crippen LogP contribution >= 0.6 is 0 Å². The summed E-state index contributed by atoms with van der Waals surface area (Å²) in [5.74, 6) is 2.18. The monoisotopic (exact) mass is 390 g/mol. The fourth-order valence-electron chi connectivity index (χ4n) is 2.32. The zero-order valence-corrected chi connectivity index (χ0v) is 15.9. The highest BCUT2D eigenvalue weighted by Gasteiger charge is 2.13. The first-order valence-electron chi connectivity index (χ1n) is 8.38. The van der Waals surface area contributed by atoms with Gasteiger partial charge in [-0.3, -0.25) is 4.79 Å². The Morgan fingerprint density at radius 3 is 2.48 bits per heavy atom. The van der Waals surface area contributed by atoms with Crippen molar-refractivity contribution >= 4 is 23.6 Å². The van der Waals surface area contributed by atoms with Crippen LogP contribution in [0.15, 0.2) is 48.0 Å². The number of benzene rings is 2. The number of methoxy groups -OCH3 is 2. The van der Waals surface area contributed by atoms with Crippen LogP contribution in [-0.2, 0) is 9.53 Å². The van der Waals surface area contributed by atoms with Gasteiger partial charge in [0.15, 0.2) is 0 Å². The average Bonchev–Trinajstić information content (AvgIpc) is 2.76. The number of hydrogen-bond donors (Lipinski definition) is 1. The van der Waals surface area contributed by atoms with E-state index >= 15 is 0 Å². The molecule has 146 valence electrons. The molecule has 0 atom stereocenters. The number of esters is 1. The number of anilines is 1. The Morgan fingerprint density at radius 1 is 1.17 bits per heavy atom. The van der Waals surface area contributed by atoms with E-state index in [0.717, 1.165) is 0 Å². The Balaban J connectivity index is 2.25. The van der Waals surface area contributed by atoms with Gasteiger partial charge in [-0.2, -0.15) is 5.26 Å². The van der Waals surface area contributed by atoms with Crippen LogP contribution in [0.5, 0.6) is 11.5 Å². The van der Waals surface area contributed by atoms with E-state index in [2.05, 4.69) is 16.0 Å². The van der Waals surface area contributed by atoms with Crippen LogP contribution in [0.4, 0.5) is 5.69 Å². The van der Waals surface area contributed by atoms with Gasteiger partial charge in [0, 0.05) is 17.3 Å². The molecule has 1 N–H and O–H groups in total. The van der Waals surface area contributed by atoms with E-state index in [-0.39, 0.29) is 12.2 Å². The second kappa shape index (κ2) is 10.2. The first-order valence-corrected chi connectivity index (χ1v) is 8.38. The topological polar surface area (TPSA) is 97.6 Å². The SMILES string of the molecule is C#CCOc1cc(OC)ccc1/C=C(\C#N)C(=O)Nc1ccc(C(=O)OC)cc1. The van der Waals surface area contributed by atoms with Crippen LogP contribution in [0.2, 0.25) is 0 Å². The number of rotatable bonds is 7. The minimum Gasteiger partial charge on any atom is -0.497 e. The van der Waals surface area contributed by atoms with Gasteiger partial charge >= 0.3 is 5.97 Å². The quantitative estimate of drug-likeness (QED) is 0.338. The summed E-state index contributed by atoms with van der Waals surface area (Å²) in [6.07, 6.45) is 6.62. The van der Waals surface area contributed by atoms with E-state index in [1.165, 1.54) is 44.6 Å². The Morgan fingerprint density at radius 2 is 1.90 bits per heavy atom. The summed E-state index contributed by atoms with van der Waals surface area (Å²) in [4.78, 5) is 23.9. The lowest BCUT2D eigenvalue weighted by Gasteiger charge is -2.10. The molecule has 0 fully saturated rings. The van der Waals surface area contributed by atoms with Gasteiger partial charge in [-0.25, -0.2) is 4.79 Å². The molecule has 0 aliphatic carbocycles. The molecular weight excluding hydrogens is 372 g/mol. The van der Waals surface area contributed by atoms with Crippen molar-refractivity contribution in [2.45, 2.75) is 0 Å². The average molecular weight is 390 g/mol. The van der Waals surface area contributed by atoms with Crippen molar-refractivity contribution < 1.29 is 23.8 Å². The lowest BCUT2D eigenvalue weighted by Crippen LogP contribution is -2.13. The highest BCUT2D eigenvalue weighted by atomic mass is 16.5. The number of carbonyl (C=O) groups is 2. The third kappa shape index (κ3) is 5.62. The van der Waals surface area contributed by atoms with Crippen LogP contribution in [0.3, 0.4) is 0 Å². The molecule has 7 nitrogen and oxygen atoms in total. The van der Waals surface area contributed by atoms with Crippen molar-refractivity contribution in [2.24, 2.45) is 0 Å². The molecule has 0 saturated heterocycles. The zero-order valence-electron chi connectivity index (χ0n) is 15.9. The number of nitrogens with one attached hydrogen (secondary N) is 1. The summed E-state index contributed by atoms with van der Waals surface area (Å²) < 4.78 is 15.2. The minimum atomic E-state index is -0.614. The van der Waals surface area contributed by atoms with E-state index in [1.54, 1.807) is 18.2 Å². The second-order valence-corrected chi connectivity index (χ2v) is 5.59. The van der Waals surface area contributed by atoms with Crippen LogP contribution in [0, 0.1) is 23.7 Å². The molecule has 29 heavy (non-hydrogen) atoms. The van der Waals surface area contributed by atoms with Gasteiger partial charge in [-0.05, 0) is 42.5 Å². The molecule has 0 heterocycles. The molecule has 2 rings (SSSR count). The van der Waals surface area contributed by atoms with Gasteiger partial charge in [0.2, 0.25) is 0 Å². The van der Waals surface area contributed by atoms with E-state index in [9.17, 15) is 14.9 Å². The molecule has 1 amide bonds. The van der Waals surface area contributed by atoms with Crippen LogP contribution in [-0.4, -0.2) is 32.7 Å². The molecule has 0 saturated carbocycles. The summed E-state index contributed by atoms with van der Waals surface area (Å²) in [6.45, 7) is 0.0225. The van der Waals surface area contributed by atoms with Gasteiger partial charge in [0.05, 0.1) is 19.8 Å². The molecule has 2 aromatic carbocycles. The molecule has 0 radical (unpaired) electrons. The van der Waals surface area contributed by atoms with Gasteiger partial charge in [-0.15, -0.1) is 6.42 Å². The number of carbonyl (C=O) groups excluding carboxylic acids is 2. The smallest absolute Gasteiger partial charge is 0.337 e. The van der Waals surface area contributed by atoms with Gasteiger partial charge in [0.25, 0.3) is 5.91 Å². The number of terminal acetylenes is 1.